The number of hydrogen-bond donors (Lipinski definition) is 2. The van der Waals surface area contributed by atoms with Gasteiger partial charge in [-0.25, -0.2) is 0 Å². The van der Waals surface area contributed by atoms with E-state index in [1.165, 1.54) is 12.1 Å². The zero-order chi connectivity index (χ0) is 15.4. The lowest BCUT2D eigenvalue weighted by Gasteiger charge is -2.20. The summed E-state index contributed by atoms with van der Waals surface area (Å²) in [5.41, 5.74) is 0.798. The maximum atomic E-state index is 10.9. The molecule has 1 aliphatic carbocycles. The van der Waals surface area contributed by atoms with E-state index in [-0.39, 0.29) is 17.8 Å². The molecule has 0 heterocycles. The molecule has 1 aromatic rings. The Hall–Kier alpha value is -1.66. The van der Waals surface area contributed by atoms with Gasteiger partial charge in [0.15, 0.2) is 0 Å². The predicted octanol–water partition coefficient (Wildman–Crippen LogP) is 2.39. The molecule has 0 amide bonds. The highest BCUT2D eigenvalue weighted by atomic mass is 16.6. The van der Waals surface area contributed by atoms with Crippen molar-refractivity contribution in [1.29, 1.82) is 0 Å². The van der Waals surface area contributed by atoms with Crippen molar-refractivity contribution >= 4 is 5.69 Å². The predicted molar refractivity (Wildman–Crippen MR) is 79.3 cm³/mol. The van der Waals surface area contributed by atoms with E-state index in [1.54, 1.807) is 6.07 Å². The van der Waals surface area contributed by atoms with Crippen LogP contribution >= 0.6 is 0 Å². The molecule has 1 fully saturated rings. The molecule has 1 saturated carbocycles. The Morgan fingerprint density at radius 1 is 1.48 bits per heavy atom. The number of nitrogens with zero attached hydrogens (tertiary/aromatic N) is 1. The van der Waals surface area contributed by atoms with Crippen LogP contribution in [0.1, 0.15) is 38.7 Å². The van der Waals surface area contributed by atoms with Crippen LogP contribution in [0.3, 0.4) is 0 Å². The summed E-state index contributed by atoms with van der Waals surface area (Å²) in [5, 5.41) is 24.0. The fraction of sp³-hybridized carbons (Fsp3) is 0.600. The van der Waals surface area contributed by atoms with Crippen LogP contribution < -0.4 is 10.1 Å². The third-order valence-electron chi connectivity index (χ3n) is 3.65. The zero-order valence-corrected chi connectivity index (χ0v) is 12.4. The van der Waals surface area contributed by atoms with E-state index in [0.29, 0.717) is 12.3 Å². The fourth-order valence-electron chi connectivity index (χ4n) is 2.45. The molecule has 0 bridgehead atoms. The summed E-state index contributed by atoms with van der Waals surface area (Å²) >= 11 is 0. The first-order valence-electron chi connectivity index (χ1n) is 7.33. The van der Waals surface area contributed by atoms with Crippen LogP contribution in [0.5, 0.6) is 5.75 Å². The minimum Gasteiger partial charge on any atom is -0.487 e. The van der Waals surface area contributed by atoms with E-state index in [2.05, 4.69) is 5.32 Å². The third-order valence-corrected chi connectivity index (χ3v) is 3.65. The van der Waals surface area contributed by atoms with E-state index >= 15 is 0 Å². The number of benzene rings is 1. The number of rotatable bonds is 6. The Bertz CT molecular complexity index is 504. The van der Waals surface area contributed by atoms with E-state index in [4.69, 9.17) is 4.74 Å². The Morgan fingerprint density at radius 3 is 2.81 bits per heavy atom. The van der Waals surface area contributed by atoms with Gasteiger partial charge in [0.1, 0.15) is 11.9 Å². The van der Waals surface area contributed by atoms with Gasteiger partial charge in [-0.05, 0) is 25.3 Å². The first-order valence-corrected chi connectivity index (χ1v) is 7.33. The van der Waals surface area contributed by atoms with Crippen molar-refractivity contribution < 1.29 is 14.8 Å². The van der Waals surface area contributed by atoms with Gasteiger partial charge in [-0.1, -0.05) is 13.8 Å². The second kappa shape index (κ2) is 6.87. The van der Waals surface area contributed by atoms with E-state index in [9.17, 15) is 15.2 Å². The zero-order valence-electron chi connectivity index (χ0n) is 12.4. The third kappa shape index (κ3) is 4.15. The summed E-state index contributed by atoms with van der Waals surface area (Å²) < 4.78 is 5.87. The smallest absolute Gasteiger partial charge is 0.270 e. The summed E-state index contributed by atoms with van der Waals surface area (Å²) in [5.74, 6) is 0.611. The first kappa shape index (κ1) is 15.7. The van der Waals surface area contributed by atoms with Crippen molar-refractivity contribution in [3.8, 4) is 5.75 Å². The number of ether oxygens (including phenoxy) is 1. The largest absolute Gasteiger partial charge is 0.487 e. The molecule has 6 heteroatoms. The number of nitro benzene ring substituents is 1. The monoisotopic (exact) mass is 294 g/mol. The molecule has 0 radical (unpaired) electrons. The summed E-state index contributed by atoms with van der Waals surface area (Å²) in [6.07, 6.45) is 1.83. The topological polar surface area (TPSA) is 84.6 Å². The van der Waals surface area contributed by atoms with Crippen molar-refractivity contribution in [2.75, 3.05) is 0 Å². The van der Waals surface area contributed by atoms with Crippen LogP contribution in [0.25, 0.3) is 0 Å². The van der Waals surface area contributed by atoms with Crippen LogP contribution in [0, 0.1) is 10.1 Å². The minimum atomic E-state index is -0.453. The lowest BCUT2D eigenvalue weighted by atomic mass is 10.1. The number of nitro groups is 1. The molecule has 1 aromatic carbocycles. The molecule has 2 rings (SSSR count). The first-order chi connectivity index (χ1) is 9.97. The number of nitrogens with one attached hydrogen (secondary N) is 1. The second-order valence-electron chi connectivity index (χ2n) is 5.74. The van der Waals surface area contributed by atoms with Gasteiger partial charge in [-0.2, -0.15) is 0 Å². The number of hydrogen-bond acceptors (Lipinski definition) is 5. The maximum absolute atomic E-state index is 10.9. The van der Waals surface area contributed by atoms with Crippen LogP contribution in [-0.2, 0) is 6.54 Å². The molecule has 6 nitrogen and oxygen atoms in total. The molecule has 2 N–H and O–H groups in total. The van der Waals surface area contributed by atoms with Crippen LogP contribution in [0.15, 0.2) is 18.2 Å². The van der Waals surface area contributed by atoms with Crippen molar-refractivity contribution in [1.82, 2.24) is 5.32 Å². The van der Waals surface area contributed by atoms with Crippen LogP contribution in [-0.4, -0.2) is 28.3 Å². The number of non-ortho nitro benzene ring substituents is 1. The van der Waals surface area contributed by atoms with Gasteiger partial charge >= 0.3 is 0 Å². The molecule has 0 aliphatic heterocycles. The van der Waals surface area contributed by atoms with E-state index in [1.807, 2.05) is 13.8 Å². The normalized spacial score (nSPS) is 21.7. The molecule has 0 saturated heterocycles. The summed E-state index contributed by atoms with van der Waals surface area (Å²) in [4.78, 5) is 10.5. The maximum Gasteiger partial charge on any atom is 0.270 e. The molecule has 2 atom stereocenters. The lowest BCUT2D eigenvalue weighted by molar-refractivity contribution is -0.384. The summed E-state index contributed by atoms with van der Waals surface area (Å²) in [7, 11) is 0. The molecule has 0 aromatic heterocycles. The Kier molecular flexibility index (Phi) is 5.14. The molecular weight excluding hydrogens is 272 g/mol. The second-order valence-corrected chi connectivity index (χ2v) is 5.74. The highest BCUT2D eigenvalue weighted by Crippen LogP contribution is 2.29. The Morgan fingerprint density at radius 2 is 2.24 bits per heavy atom. The van der Waals surface area contributed by atoms with Crippen molar-refractivity contribution in [3.05, 3.63) is 33.9 Å². The highest BCUT2D eigenvalue weighted by molar-refractivity contribution is 5.44. The Balaban J connectivity index is 2.19. The average Bonchev–Trinajstić information content (AvgIpc) is 2.82. The van der Waals surface area contributed by atoms with Gasteiger partial charge < -0.3 is 15.2 Å². The summed E-state index contributed by atoms with van der Waals surface area (Å²) in [6.45, 7) is 4.52. The van der Waals surface area contributed by atoms with Gasteiger partial charge in [0.2, 0.25) is 0 Å². The molecule has 0 spiro atoms. The van der Waals surface area contributed by atoms with Crippen LogP contribution in [0.2, 0.25) is 0 Å². The average molecular weight is 294 g/mol. The quantitative estimate of drug-likeness (QED) is 0.621. The van der Waals surface area contributed by atoms with Gasteiger partial charge in [0.25, 0.3) is 5.69 Å². The minimum absolute atomic E-state index is 0.0508. The molecule has 21 heavy (non-hydrogen) atoms. The van der Waals surface area contributed by atoms with Gasteiger partial charge in [-0.3, -0.25) is 10.1 Å². The van der Waals surface area contributed by atoms with Gasteiger partial charge in [0, 0.05) is 30.3 Å². The van der Waals surface area contributed by atoms with Gasteiger partial charge in [0.05, 0.1) is 11.0 Å². The van der Waals surface area contributed by atoms with E-state index < -0.39 is 11.0 Å². The fourth-order valence-corrected chi connectivity index (χ4v) is 2.45. The van der Waals surface area contributed by atoms with Crippen molar-refractivity contribution in [2.24, 2.45) is 0 Å². The van der Waals surface area contributed by atoms with Gasteiger partial charge in [-0.15, -0.1) is 0 Å². The lowest BCUT2D eigenvalue weighted by Crippen LogP contribution is -2.27. The van der Waals surface area contributed by atoms with Crippen LogP contribution in [0.4, 0.5) is 5.69 Å². The number of aliphatic hydroxyl groups excluding tert-OH is 1. The number of aliphatic hydroxyl groups is 1. The molecule has 116 valence electrons. The molecular formula is C15H22N2O4. The highest BCUT2D eigenvalue weighted by Gasteiger charge is 2.27. The standard InChI is InChI=1S/C15H22N2O4/c1-10(2)16-9-11-8-12(17(19)20)6-7-14(11)21-15-5-3-4-13(15)18/h6-8,10,13,15-16,18H,3-5,9H2,1-2H3. The Labute approximate surface area is 124 Å². The summed E-state index contributed by atoms with van der Waals surface area (Å²) in [6, 6.07) is 4.87. The van der Waals surface area contributed by atoms with Crippen molar-refractivity contribution in [3.63, 3.8) is 0 Å². The molecule has 2 unspecified atom stereocenters. The SMILES string of the molecule is CC(C)NCc1cc([N+](=O)[O-])ccc1OC1CCCC1O. The molecule has 1 aliphatic rings. The van der Waals surface area contributed by atoms with Crippen molar-refractivity contribution in [2.45, 2.75) is 57.9 Å². The van der Waals surface area contributed by atoms with E-state index in [0.717, 1.165) is 24.8 Å².